The van der Waals surface area contributed by atoms with Crippen molar-refractivity contribution in [3.8, 4) is 6.07 Å². The minimum absolute atomic E-state index is 0.403. The molecule has 2 aromatic heterocycles. The second-order valence-corrected chi connectivity index (χ2v) is 5.56. The molecule has 7 heteroatoms. The lowest BCUT2D eigenvalue weighted by Crippen LogP contribution is -2.08. The molecule has 0 aliphatic heterocycles. The van der Waals surface area contributed by atoms with E-state index in [2.05, 4.69) is 25.8 Å². The molecule has 0 saturated heterocycles. The first-order valence-electron chi connectivity index (χ1n) is 6.44. The van der Waals surface area contributed by atoms with Crippen LogP contribution in [-0.4, -0.2) is 19.7 Å². The van der Waals surface area contributed by atoms with Gasteiger partial charge in [0.1, 0.15) is 17.6 Å². The maximum atomic E-state index is 9.04. The molecule has 3 rings (SSSR count). The van der Waals surface area contributed by atoms with Gasteiger partial charge in [-0.3, -0.25) is 0 Å². The molecule has 2 heterocycles. The van der Waals surface area contributed by atoms with Crippen LogP contribution in [0.15, 0.2) is 23.5 Å². The number of nitrogens with two attached hydrogens (primary N) is 1. The number of nitriles is 1. The van der Waals surface area contributed by atoms with Crippen molar-refractivity contribution >= 4 is 11.8 Å². The van der Waals surface area contributed by atoms with Crippen LogP contribution < -0.4 is 5.73 Å². The number of aromatic nitrogens is 4. The smallest absolute Gasteiger partial charge is 0.191 e. The quantitative estimate of drug-likeness (QED) is 0.840. The van der Waals surface area contributed by atoms with Crippen LogP contribution >= 0.6 is 11.8 Å². The van der Waals surface area contributed by atoms with E-state index in [0.717, 1.165) is 29.4 Å². The van der Waals surface area contributed by atoms with Gasteiger partial charge in [0, 0.05) is 18.0 Å². The average Bonchev–Trinajstić information content (AvgIpc) is 3.25. The molecule has 0 spiro atoms. The Morgan fingerprint density at radius 1 is 1.45 bits per heavy atom. The van der Waals surface area contributed by atoms with Gasteiger partial charge in [-0.15, -0.1) is 10.2 Å². The van der Waals surface area contributed by atoms with Crippen molar-refractivity contribution in [3.63, 3.8) is 0 Å². The van der Waals surface area contributed by atoms with E-state index < -0.39 is 0 Å². The van der Waals surface area contributed by atoms with Crippen molar-refractivity contribution in [2.45, 2.75) is 36.3 Å². The van der Waals surface area contributed by atoms with Gasteiger partial charge < -0.3 is 10.3 Å². The summed E-state index contributed by atoms with van der Waals surface area (Å²) in [4.78, 5) is 4.06. The predicted octanol–water partition coefficient (Wildman–Crippen LogP) is 1.63. The lowest BCUT2D eigenvalue weighted by Gasteiger charge is -2.07. The van der Waals surface area contributed by atoms with E-state index in [0.29, 0.717) is 24.0 Å². The Balaban J connectivity index is 1.79. The van der Waals surface area contributed by atoms with Crippen molar-refractivity contribution in [1.82, 2.24) is 19.7 Å². The summed E-state index contributed by atoms with van der Waals surface area (Å²) in [5.41, 5.74) is 7.08. The van der Waals surface area contributed by atoms with E-state index in [4.69, 9.17) is 11.0 Å². The Morgan fingerprint density at radius 2 is 2.30 bits per heavy atom. The zero-order valence-corrected chi connectivity index (χ0v) is 11.7. The highest BCUT2D eigenvalue weighted by atomic mass is 32.2. The van der Waals surface area contributed by atoms with Gasteiger partial charge in [-0.1, -0.05) is 17.8 Å². The molecule has 0 atom stereocenters. The Morgan fingerprint density at radius 3 is 3.00 bits per heavy atom. The van der Waals surface area contributed by atoms with E-state index >= 15 is 0 Å². The van der Waals surface area contributed by atoms with Crippen LogP contribution in [0, 0.1) is 11.3 Å². The maximum Gasteiger partial charge on any atom is 0.191 e. The van der Waals surface area contributed by atoms with Crippen molar-refractivity contribution in [3.05, 3.63) is 35.4 Å². The molecule has 1 aliphatic carbocycles. The predicted molar refractivity (Wildman–Crippen MR) is 74.7 cm³/mol. The summed E-state index contributed by atoms with van der Waals surface area (Å²) in [7, 11) is 0. The maximum absolute atomic E-state index is 9.04. The van der Waals surface area contributed by atoms with Crippen LogP contribution in [0.25, 0.3) is 0 Å². The van der Waals surface area contributed by atoms with Gasteiger partial charge in [-0.2, -0.15) is 5.26 Å². The number of nitrogens with zero attached hydrogens (tertiary/aromatic N) is 5. The monoisotopic (exact) mass is 286 g/mol. The van der Waals surface area contributed by atoms with Gasteiger partial charge in [-0.05, 0) is 24.5 Å². The summed E-state index contributed by atoms with van der Waals surface area (Å²) < 4.78 is 2.13. The van der Waals surface area contributed by atoms with Gasteiger partial charge in [0.2, 0.25) is 0 Å². The lowest BCUT2D eigenvalue weighted by atomic mass is 10.2. The molecular formula is C13H14N6S. The van der Waals surface area contributed by atoms with E-state index in [1.54, 1.807) is 18.0 Å². The van der Waals surface area contributed by atoms with Crippen LogP contribution in [0.2, 0.25) is 0 Å². The summed E-state index contributed by atoms with van der Waals surface area (Å²) in [5, 5.41) is 18.3. The second-order valence-electron chi connectivity index (χ2n) is 4.62. The van der Waals surface area contributed by atoms with Crippen LogP contribution in [0.3, 0.4) is 0 Å². The topological polar surface area (TPSA) is 93.4 Å². The Kier molecular flexibility index (Phi) is 3.67. The van der Waals surface area contributed by atoms with Gasteiger partial charge in [0.05, 0.1) is 6.54 Å². The molecule has 0 unspecified atom stereocenters. The van der Waals surface area contributed by atoms with Crippen LogP contribution in [0.5, 0.6) is 0 Å². The van der Waals surface area contributed by atoms with Crippen LogP contribution in [0.4, 0.5) is 0 Å². The first-order valence-corrected chi connectivity index (χ1v) is 7.42. The Bertz CT molecular complexity index is 655. The third kappa shape index (κ3) is 2.53. The molecule has 102 valence electrons. The molecule has 0 aromatic carbocycles. The molecule has 6 nitrogen and oxygen atoms in total. The summed E-state index contributed by atoms with van der Waals surface area (Å²) in [5.74, 6) is 1.49. The molecule has 1 fully saturated rings. The van der Waals surface area contributed by atoms with E-state index in [9.17, 15) is 0 Å². The first-order chi connectivity index (χ1) is 9.83. The number of rotatable bonds is 5. The largest absolute Gasteiger partial charge is 0.324 e. The molecule has 1 aliphatic rings. The molecule has 1 saturated carbocycles. The SMILES string of the molecule is N#Cc1ncccc1CSc1nnc(CN)n1C1CC1. The highest BCUT2D eigenvalue weighted by Crippen LogP contribution is 2.39. The normalized spacial score (nSPS) is 14.2. The van der Waals surface area contributed by atoms with Gasteiger partial charge >= 0.3 is 0 Å². The lowest BCUT2D eigenvalue weighted by molar-refractivity contribution is 0.626. The number of pyridine rings is 1. The summed E-state index contributed by atoms with van der Waals surface area (Å²) in [6.07, 6.45) is 3.95. The second kappa shape index (κ2) is 5.61. The molecule has 0 amide bonds. The average molecular weight is 286 g/mol. The Labute approximate surface area is 121 Å². The summed E-state index contributed by atoms with van der Waals surface area (Å²) >= 11 is 1.58. The Hall–Kier alpha value is -1.91. The third-order valence-corrected chi connectivity index (χ3v) is 4.18. The van der Waals surface area contributed by atoms with Crippen molar-refractivity contribution in [2.24, 2.45) is 5.73 Å². The molecular weight excluding hydrogens is 272 g/mol. The van der Waals surface area contributed by atoms with Gasteiger partial charge in [0.15, 0.2) is 5.16 Å². The standard InChI is InChI=1S/C13H14N6S/c14-6-11-9(2-1-5-16-11)8-20-13-18-17-12(7-15)19(13)10-3-4-10/h1-2,5,10H,3-4,7-8,15H2. The van der Waals surface area contributed by atoms with Gasteiger partial charge in [0.25, 0.3) is 0 Å². The third-order valence-electron chi connectivity index (χ3n) is 3.18. The summed E-state index contributed by atoms with van der Waals surface area (Å²) in [6, 6.07) is 6.36. The fourth-order valence-corrected chi connectivity index (χ4v) is 3.05. The fourth-order valence-electron chi connectivity index (χ4n) is 2.04. The van der Waals surface area contributed by atoms with Gasteiger partial charge in [-0.25, -0.2) is 4.98 Å². The van der Waals surface area contributed by atoms with Crippen molar-refractivity contribution < 1.29 is 0 Å². The molecule has 2 aromatic rings. The molecule has 0 radical (unpaired) electrons. The molecule has 2 N–H and O–H groups in total. The minimum atomic E-state index is 0.403. The zero-order valence-electron chi connectivity index (χ0n) is 10.9. The highest BCUT2D eigenvalue weighted by Gasteiger charge is 2.29. The van der Waals surface area contributed by atoms with Crippen LogP contribution in [0.1, 0.15) is 36.0 Å². The molecule has 0 bridgehead atoms. The minimum Gasteiger partial charge on any atom is -0.324 e. The first kappa shape index (κ1) is 13.1. The van der Waals surface area contributed by atoms with E-state index in [1.165, 1.54) is 0 Å². The van der Waals surface area contributed by atoms with Crippen LogP contribution in [-0.2, 0) is 12.3 Å². The fraction of sp³-hybridized carbons (Fsp3) is 0.385. The van der Waals surface area contributed by atoms with E-state index in [-0.39, 0.29) is 0 Å². The zero-order chi connectivity index (χ0) is 13.9. The van der Waals surface area contributed by atoms with E-state index in [1.807, 2.05) is 12.1 Å². The van der Waals surface area contributed by atoms with Crippen molar-refractivity contribution in [2.75, 3.05) is 0 Å². The summed E-state index contributed by atoms with van der Waals surface area (Å²) in [6.45, 7) is 0.403. The highest BCUT2D eigenvalue weighted by molar-refractivity contribution is 7.98. The number of hydrogen-bond donors (Lipinski definition) is 1. The number of hydrogen-bond acceptors (Lipinski definition) is 6. The van der Waals surface area contributed by atoms with Crippen molar-refractivity contribution in [1.29, 1.82) is 5.26 Å². The molecule has 20 heavy (non-hydrogen) atoms. The number of thioether (sulfide) groups is 1.